The average Bonchev–Trinajstić information content (AvgIpc) is 2.47. The number of phenolic OH excluding ortho intramolecular Hbond substituents is 3. The molecule has 0 unspecified atom stereocenters. The lowest BCUT2D eigenvalue weighted by molar-refractivity contribution is 0.438. The summed E-state index contributed by atoms with van der Waals surface area (Å²) >= 11 is 0. The lowest BCUT2D eigenvalue weighted by atomic mass is 10.0. The topological polar surface area (TPSA) is 111 Å². The van der Waals surface area contributed by atoms with Gasteiger partial charge in [-0.1, -0.05) is 0 Å². The first-order valence-electron chi connectivity index (χ1n) is 6.82. The molecule has 3 rings (SSSR count). The van der Waals surface area contributed by atoms with Gasteiger partial charge in [0.1, 0.15) is 28.2 Å². The van der Waals surface area contributed by atoms with Gasteiger partial charge in [0.05, 0.1) is 0 Å². The van der Waals surface area contributed by atoms with E-state index in [1.807, 2.05) is 0 Å². The highest BCUT2D eigenvalue weighted by Gasteiger charge is 2.19. The quantitative estimate of drug-likeness (QED) is 0.549. The monoisotopic (exact) mass is 314 g/mol. The van der Waals surface area contributed by atoms with E-state index in [-0.39, 0.29) is 28.2 Å². The molecule has 0 spiro atoms. The van der Waals surface area contributed by atoms with Crippen LogP contribution in [0.15, 0.2) is 33.5 Å². The van der Waals surface area contributed by atoms with Crippen molar-refractivity contribution in [3.05, 3.63) is 45.6 Å². The minimum Gasteiger partial charge on any atom is -0.508 e. The Morgan fingerprint density at radius 3 is 2.26 bits per heavy atom. The minimum absolute atomic E-state index is 0.000835. The summed E-state index contributed by atoms with van der Waals surface area (Å²) in [5.41, 5.74) is 0.840. The second-order valence-electron chi connectivity index (χ2n) is 5.38. The van der Waals surface area contributed by atoms with Gasteiger partial charge in [-0.15, -0.1) is 0 Å². The van der Waals surface area contributed by atoms with E-state index in [0.29, 0.717) is 11.1 Å². The molecule has 1 aromatic heterocycles. The van der Waals surface area contributed by atoms with Crippen molar-refractivity contribution in [3.8, 4) is 34.3 Å². The van der Waals surface area contributed by atoms with Gasteiger partial charge in [0.2, 0.25) is 11.2 Å². The van der Waals surface area contributed by atoms with Crippen LogP contribution < -0.4 is 5.43 Å². The molecule has 0 aliphatic heterocycles. The average molecular weight is 314 g/mol. The first-order chi connectivity index (χ1) is 10.8. The molecule has 0 aliphatic rings. The number of aromatic hydroxyl groups is 4. The third kappa shape index (κ3) is 2.24. The maximum Gasteiger partial charge on any atom is 0.238 e. The van der Waals surface area contributed by atoms with Gasteiger partial charge in [0.15, 0.2) is 5.76 Å². The van der Waals surface area contributed by atoms with Crippen molar-refractivity contribution >= 4 is 11.0 Å². The smallest absolute Gasteiger partial charge is 0.238 e. The highest BCUT2D eigenvalue weighted by Crippen LogP contribution is 2.37. The zero-order valence-electron chi connectivity index (χ0n) is 12.4. The van der Waals surface area contributed by atoms with E-state index in [1.54, 1.807) is 19.9 Å². The fraction of sp³-hybridized carbons (Fsp3) is 0.118. The number of phenols is 3. The van der Waals surface area contributed by atoms with Crippen molar-refractivity contribution in [1.82, 2.24) is 0 Å². The second kappa shape index (κ2) is 4.95. The van der Waals surface area contributed by atoms with Crippen molar-refractivity contribution < 1.29 is 24.8 Å². The summed E-state index contributed by atoms with van der Waals surface area (Å²) in [6.45, 7) is 3.51. The predicted molar refractivity (Wildman–Crippen MR) is 84.1 cm³/mol. The largest absolute Gasteiger partial charge is 0.508 e. The standard InChI is InChI=1S/C17H14O6/c1-7-3-9(4-11(19)8(7)2)17-16(22)15(21)14-12(20)5-10(18)6-13(14)23-17/h3-6,18-20,22H,1-2H3. The Labute approximate surface area is 130 Å². The lowest BCUT2D eigenvalue weighted by Crippen LogP contribution is -2.03. The van der Waals surface area contributed by atoms with E-state index in [1.165, 1.54) is 12.1 Å². The zero-order valence-corrected chi connectivity index (χ0v) is 12.4. The Balaban J connectivity index is 2.40. The summed E-state index contributed by atoms with van der Waals surface area (Å²) < 4.78 is 5.49. The van der Waals surface area contributed by atoms with Crippen LogP contribution in [-0.2, 0) is 0 Å². The molecule has 0 saturated carbocycles. The molecule has 1 heterocycles. The van der Waals surface area contributed by atoms with Crippen LogP contribution in [-0.4, -0.2) is 20.4 Å². The van der Waals surface area contributed by atoms with Crippen molar-refractivity contribution in [1.29, 1.82) is 0 Å². The third-order valence-electron chi connectivity index (χ3n) is 3.84. The third-order valence-corrected chi connectivity index (χ3v) is 3.84. The van der Waals surface area contributed by atoms with Gasteiger partial charge in [0, 0.05) is 17.7 Å². The summed E-state index contributed by atoms with van der Waals surface area (Å²) in [5.74, 6) is -1.59. The van der Waals surface area contributed by atoms with E-state index in [9.17, 15) is 25.2 Å². The van der Waals surface area contributed by atoms with Crippen molar-refractivity contribution in [2.75, 3.05) is 0 Å². The first kappa shape index (κ1) is 14.8. The van der Waals surface area contributed by atoms with Crippen LogP contribution in [0.5, 0.6) is 23.0 Å². The van der Waals surface area contributed by atoms with Gasteiger partial charge in [-0.2, -0.15) is 0 Å². The number of fused-ring (bicyclic) bond motifs is 1. The fourth-order valence-electron chi connectivity index (χ4n) is 2.44. The van der Waals surface area contributed by atoms with Gasteiger partial charge in [-0.25, -0.2) is 0 Å². The molecule has 0 bridgehead atoms. The molecule has 0 amide bonds. The van der Waals surface area contributed by atoms with Crippen molar-refractivity contribution in [2.24, 2.45) is 0 Å². The maximum absolute atomic E-state index is 12.3. The Hall–Kier alpha value is -3.15. The molecule has 0 aliphatic carbocycles. The highest BCUT2D eigenvalue weighted by molar-refractivity contribution is 5.88. The molecule has 23 heavy (non-hydrogen) atoms. The Morgan fingerprint density at radius 2 is 1.61 bits per heavy atom. The first-order valence-corrected chi connectivity index (χ1v) is 6.82. The number of hydrogen-bond acceptors (Lipinski definition) is 6. The van der Waals surface area contributed by atoms with Gasteiger partial charge in [-0.05, 0) is 37.1 Å². The lowest BCUT2D eigenvalue weighted by Gasteiger charge is -2.10. The minimum atomic E-state index is -0.823. The van der Waals surface area contributed by atoms with Crippen LogP contribution in [0.1, 0.15) is 11.1 Å². The Morgan fingerprint density at radius 1 is 0.913 bits per heavy atom. The molecular weight excluding hydrogens is 300 g/mol. The molecular formula is C17H14O6. The second-order valence-corrected chi connectivity index (χ2v) is 5.38. The van der Waals surface area contributed by atoms with Crippen molar-refractivity contribution in [2.45, 2.75) is 13.8 Å². The molecule has 0 saturated heterocycles. The van der Waals surface area contributed by atoms with E-state index in [2.05, 4.69) is 0 Å². The molecule has 2 aromatic carbocycles. The van der Waals surface area contributed by atoms with Crippen LogP contribution in [0.25, 0.3) is 22.3 Å². The molecule has 0 fully saturated rings. The molecule has 0 radical (unpaired) electrons. The number of aryl methyl sites for hydroxylation is 1. The summed E-state index contributed by atoms with van der Waals surface area (Å²) in [6, 6.07) is 5.18. The van der Waals surface area contributed by atoms with Crippen LogP contribution in [0.3, 0.4) is 0 Å². The number of hydrogen-bond donors (Lipinski definition) is 4. The van der Waals surface area contributed by atoms with Gasteiger partial charge in [0.25, 0.3) is 0 Å². The molecule has 4 N–H and O–H groups in total. The number of benzene rings is 2. The van der Waals surface area contributed by atoms with Crippen LogP contribution in [0.4, 0.5) is 0 Å². The summed E-state index contributed by atoms with van der Waals surface area (Å²) in [5, 5.41) is 39.1. The van der Waals surface area contributed by atoms with Gasteiger partial charge < -0.3 is 24.8 Å². The van der Waals surface area contributed by atoms with E-state index < -0.39 is 16.9 Å². The molecule has 0 atom stereocenters. The molecule has 118 valence electrons. The SMILES string of the molecule is Cc1cc(-c2oc3cc(O)cc(O)c3c(=O)c2O)cc(O)c1C. The summed E-state index contributed by atoms with van der Waals surface area (Å²) in [6.07, 6.45) is 0. The van der Waals surface area contributed by atoms with E-state index in [4.69, 9.17) is 4.42 Å². The highest BCUT2D eigenvalue weighted by atomic mass is 16.4. The predicted octanol–water partition coefficient (Wildman–Crippen LogP) is 2.90. The van der Waals surface area contributed by atoms with E-state index >= 15 is 0 Å². The maximum atomic E-state index is 12.3. The molecule has 6 heteroatoms. The molecule has 3 aromatic rings. The van der Waals surface area contributed by atoms with Crippen molar-refractivity contribution in [3.63, 3.8) is 0 Å². The van der Waals surface area contributed by atoms with Gasteiger partial charge in [-0.3, -0.25) is 4.79 Å². The summed E-state index contributed by atoms with van der Waals surface area (Å²) in [4.78, 5) is 12.3. The van der Waals surface area contributed by atoms with E-state index in [0.717, 1.165) is 11.6 Å². The zero-order chi connectivity index (χ0) is 16.9. The Bertz CT molecular complexity index is 977. The van der Waals surface area contributed by atoms with Crippen LogP contribution >= 0.6 is 0 Å². The fourth-order valence-corrected chi connectivity index (χ4v) is 2.44. The summed E-state index contributed by atoms with van der Waals surface area (Å²) in [7, 11) is 0. The van der Waals surface area contributed by atoms with Crippen LogP contribution in [0, 0.1) is 13.8 Å². The van der Waals surface area contributed by atoms with Gasteiger partial charge >= 0.3 is 0 Å². The molecule has 6 nitrogen and oxygen atoms in total. The Kier molecular flexibility index (Phi) is 3.18. The number of rotatable bonds is 1. The van der Waals surface area contributed by atoms with Crippen LogP contribution in [0.2, 0.25) is 0 Å². The normalized spacial score (nSPS) is 11.0.